The molecular weight excluding hydrogens is 508 g/mol. The van der Waals surface area contributed by atoms with Gasteiger partial charge in [0.1, 0.15) is 11.8 Å². The number of alkyl halides is 4. The van der Waals surface area contributed by atoms with E-state index in [0.717, 1.165) is 70.3 Å². The fourth-order valence-electron chi connectivity index (χ4n) is 5.50. The number of amides is 1. The van der Waals surface area contributed by atoms with Gasteiger partial charge in [-0.3, -0.25) is 9.78 Å². The number of carbonyl (C=O) groups is 1. The van der Waals surface area contributed by atoms with Crippen LogP contribution < -0.4 is 10.1 Å². The number of pyridine rings is 1. The quantitative estimate of drug-likeness (QED) is 0.452. The van der Waals surface area contributed by atoms with Gasteiger partial charge in [-0.2, -0.15) is 0 Å². The highest BCUT2D eigenvalue weighted by Gasteiger charge is 2.47. The van der Waals surface area contributed by atoms with Gasteiger partial charge >= 0.3 is 0 Å². The van der Waals surface area contributed by atoms with Gasteiger partial charge < -0.3 is 15.0 Å². The van der Waals surface area contributed by atoms with E-state index < -0.39 is 30.1 Å². The summed E-state index contributed by atoms with van der Waals surface area (Å²) in [5, 5.41) is 3.45. The Kier molecular flexibility index (Phi) is 7.99. The van der Waals surface area contributed by atoms with E-state index in [1.807, 2.05) is 0 Å². The maximum atomic E-state index is 13.2. The number of hydrogen-bond donors (Lipinski definition) is 1. The highest BCUT2D eigenvalue weighted by Crippen LogP contribution is 2.41. The molecule has 2 saturated carbocycles. The van der Waals surface area contributed by atoms with Gasteiger partial charge in [-0.1, -0.05) is 11.3 Å². The third kappa shape index (κ3) is 6.60. The number of fused-ring (bicyclic) bond motifs is 1. The normalized spacial score (nSPS) is 24.2. The molecule has 0 spiro atoms. The molecule has 0 saturated heterocycles. The van der Waals surface area contributed by atoms with Crippen LogP contribution in [0.1, 0.15) is 78.0 Å². The molecule has 37 heavy (non-hydrogen) atoms. The van der Waals surface area contributed by atoms with Gasteiger partial charge in [0, 0.05) is 49.5 Å². The summed E-state index contributed by atoms with van der Waals surface area (Å²) in [5.41, 5.74) is 0.517. The zero-order valence-corrected chi connectivity index (χ0v) is 21.4. The first-order valence-corrected chi connectivity index (χ1v) is 13.9. The van der Waals surface area contributed by atoms with Crippen molar-refractivity contribution >= 4 is 17.2 Å². The number of nitrogens with zero attached hydrogens (tertiary/aromatic N) is 3. The molecule has 2 aromatic rings. The lowest BCUT2D eigenvalue weighted by Crippen LogP contribution is -2.43. The molecule has 1 amide bonds. The van der Waals surface area contributed by atoms with Crippen LogP contribution in [0.25, 0.3) is 0 Å². The minimum atomic E-state index is -2.78. The minimum Gasteiger partial charge on any atom is -0.466 e. The van der Waals surface area contributed by atoms with Crippen LogP contribution >= 0.6 is 11.3 Å². The molecule has 11 heteroatoms. The van der Waals surface area contributed by atoms with Crippen molar-refractivity contribution in [3.8, 4) is 5.19 Å². The number of halogens is 4. The second-order valence-electron chi connectivity index (χ2n) is 10.4. The smallest absolute Gasteiger partial charge is 0.281 e. The molecule has 2 aliphatic carbocycles. The van der Waals surface area contributed by atoms with E-state index in [4.69, 9.17) is 4.74 Å². The SMILES string of the molecule is O=C(N[C@H]1CC[C@H](CCN2CCc3nc(OC4CC(F)(F)C4)sc3CC2)CC1)c1cccnc1C(F)F. The molecule has 0 aromatic carbocycles. The summed E-state index contributed by atoms with van der Waals surface area (Å²) in [6, 6.07) is 2.90. The Balaban J connectivity index is 1.02. The van der Waals surface area contributed by atoms with Crippen LogP contribution in [0.5, 0.6) is 5.19 Å². The van der Waals surface area contributed by atoms with Gasteiger partial charge in [0.05, 0.1) is 11.3 Å². The molecule has 202 valence electrons. The van der Waals surface area contributed by atoms with Crippen molar-refractivity contribution in [2.45, 2.75) is 82.3 Å². The number of thiazole rings is 1. The third-order valence-electron chi connectivity index (χ3n) is 7.72. The first-order valence-electron chi connectivity index (χ1n) is 13.0. The van der Waals surface area contributed by atoms with E-state index in [1.165, 1.54) is 34.5 Å². The second kappa shape index (κ2) is 11.2. The molecule has 2 fully saturated rings. The van der Waals surface area contributed by atoms with Gasteiger partial charge in [-0.15, -0.1) is 0 Å². The van der Waals surface area contributed by atoms with E-state index in [-0.39, 0.29) is 24.4 Å². The number of aromatic nitrogens is 2. The molecule has 5 rings (SSSR count). The summed E-state index contributed by atoms with van der Waals surface area (Å²) >= 11 is 1.50. The van der Waals surface area contributed by atoms with Crippen molar-refractivity contribution in [3.63, 3.8) is 0 Å². The minimum absolute atomic E-state index is 0.00250. The molecule has 1 N–H and O–H groups in total. The highest BCUT2D eigenvalue weighted by molar-refractivity contribution is 7.13. The number of nitrogens with one attached hydrogen (secondary N) is 1. The van der Waals surface area contributed by atoms with Crippen molar-refractivity contribution in [2.75, 3.05) is 19.6 Å². The van der Waals surface area contributed by atoms with Crippen molar-refractivity contribution in [1.29, 1.82) is 0 Å². The molecule has 0 bridgehead atoms. The van der Waals surface area contributed by atoms with Crippen LogP contribution in [-0.2, 0) is 12.8 Å². The Hall–Kier alpha value is -2.27. The van der Waals surface area contributed by atoms with E-state index >= 15 is 0 Å². The molecule has 0 radical (unpaired) electrons. The summed E-state index contributed by atoms with van der Waals surface area (Å²) in [7, 11) is 0. The summed E-state index contributed by atoms with van der Waals surface area (Å²) in [5.74, 6) is -2.48. The predicted octanol–water partition coefficient (Wildman–Crippen LogP) is 5.43. The average Bonchev–Trinajstić information content (AvgIpc) is 3.14. The summed E-state index contributed by atoms with van der Waals surface area (Å²) in [4.78, 5) is 24.4. The number of hydrogen-bond acceptors (Lipinski definition) is 6. The molecule has 3 heterocycles. The van der Waals surface area contributed by atoms with Crippen molar-refractivity contribution in [2.24, 2.45) is 5.92 Å². The van der Waals surface area contributed by atoms with Gasteiger partial charge in [0.25, 0.3) is 23.4 Å². The largest absolute Gasteiger partial charge is 0.466 e. The fourth-order valence-corrected chi connectivity index (χ4v) is 6.51. The first kappa shape index (κ1) is 26.3. The lowest BCUT2D eigenvalue weighted by atomic mass is 9.84. The zero-order valence-electron chi connectivity index (χ0n) is 20.6. The Morgan fingerprint density at radius 3 is 2.68 bits per heavy atom. The van der Waals surface area contributed by atoms with Crippen molar-refractivity contribution in [3.05, 3.63) is 40.2 Å². The second-order valence-corrected chi connectivity index (χ2v) is 11.5. The molecule has 6 nitrogen and oxygen atoms in total. The number of rotatable bonds is 8. The lowest BCUT2D eigenvalue weighted by Gasteiger charge is -2.33. The average molecular weight is 541 g/mol. The fraction of sp³-hybridized carbons (Fsp3) is 0.654. The highest BCUT2D eigenvalue weighted by atomic mass is 32.1. The number of carbonyl (C=O) groups excluding carboxylic acids is 1. The van der Waals surface area contributed by atoms with E-state index in [2.05, 4.69) is 20.2 Å². The van der Waals surface area contributed by atoms with Crippen molar-refractivity contribution < 1.29 is 27.1 Å². The van der Waals surface area contributed by atoms with Gasteiger partial charge in [0.2, 0.25) is 0 Å². The summed E-state index contributed by atoms with van der Waals surface area (Å²) < 4.78 is 58.1. The maximum absolute atomic E-state index is 13.2. The first-order chi connectivity index (χ1) is 17.8. The van der Waals surface area contributed by atoms with Crippen LogP contribution in [-0.4, -0.2) is 58.5 Å². The van der Waals surface area contributed by atoms with Crippen LogP contribution in [0, 0.1) is 5.92 Å². The van der Waals surface area contributed by atoms with Crippen LogP contribution in [0.15, 0.2) is 18.3 Å². The Labute approximate surface area is 217 Å². The standard InChI is InChI=1S/C26H32F4N4O2S/c27-23(28)22-19(2-1-10-31-22)24(35)32-17-5-3-16(4-6-17)7-11-34-12-8-20-21(9-13-34)37-25(33-20)36-18-14-26(29,30)15-18/h1-2,10,16-18,23H,3-9,11-15H2,(H,32,35)/t16-,17-. The van der Waals surface area contributed by atoms with E-state index in [1.54, 1.807) is 0 Å². The van der Waals surface area contributed by atoms with Crippen LogP contribution in [0.4, 0.5) is 17.6 Å². The Morgan fingerprint density at radius 1 is 1.19 bits per heavy atom. The molecule has 3 aliphatic rings. The lowest BCUT2D eigenvalue weighted by molar-refractivity contribution is -0.134. The van der Waals surface area contributed by atoms with E-state index in [9.17, 15) is 22.4 Å². The summed E-state index contributed by atoms with van der Waals surface area (Å²) in [6.45, 7) is 2.87. The van der Waals surface area contributed by atoms with Gasteiger partial charge in [-0.25, -0.2) is 22.5 Å². The predicted molar refractivity (Wildman–Crippen MR) is 132 cm³/mol. The third-order valence-corrected chi connectivity index (χ3v) is 8.77. The number of ether oxygens (including phenoxy) is 1. The van der Waals surface area contributed by atoms with Crippen LogP contribution in [0.3, 0.4) is 0 Å². The topological polar surface area (TPSA) is 67.4 Å². The van der Waals surface area contributed by atoms with Gasteiger partial charge in [-0.05, 0) is 63.1 Å². The molecule has 1 aliphatic heterocycles. The summed E-state index contributed by atoms with van der Waals surface area (Å²) in [6.07, 6.45) is 4.15. The maximum Gasteiger partial charge on any atom is 0.281 e. The van der Waals surface area contributed by atoms with Crippen LogP contribution in [0.2, 0.25) is 0 Å². The van der Waals surface area contributed by atoms with E-state index in [0.29, 0.717) is 11.1 Å². The molecule has 2 aromatic heterocycles. The van der Waals surface area contributed by atoms with Crippen molar-refractivity contribution in [1.82, 2.24) is 20.2 Å². The Bertz CT molecular complexity index is 1060. The Morgan fingerprint density at radius 2 is 1.95 bits per heavy atom. The molecular formula is C26H32F4N4O2S. The molecule has 0 atom stereocenters. The zero-order chi connectivity index (χ0) is 26.0. The molecule has 0 unspecified atom stereocenters. The van der Waals surface area contributed by atoms with Gasteiger partial charge in [0.15, 0.2) is 0 Å². The monoisotopic (exact) mass is 540 g/mol.